The van der Waals surface area contributed by atoms with Crippen molar-refractivity contribution in [1.82, 2.24) is 14.8 Å². The van der Waals surface area contributed by atoms with Gasteiger partial charge in [-0.1, -0.05) is 30.0 Å². The number of fused-ring (bicyclic) bond motifs is 1. The van der Waals surface area contributed by atoms with Crippen LogP contribution >= 0.6 is 11.8 Å². The van der Waals surface area contributed by atoms with E-state index in [4.69, 9.17) is 14.6 Å². The van der Waals surface area contributed by atoms with E-state index in [0.717, 1.165) is 29.7 Å². The summed E-state index contributed by atoms with van der Waals surface area (Å²) in [5.41, 5.74) is 3.25. The van der Waals surface area contributed by atoms with Crippen LogP contribution < -0.4 is 14.8 Å². The third-order valence-electron chi connectivity index (χ3n) is 6.06. The first kappa shape index (κ1) is 22.9. The van der Waals surface area contributed by atoms with Crippen LogP contribution in [0.15, 0.2) is 58.9 Å². The maximum absolute atomic E-state index is 13.0. The van der Waals surface area contributed by atoms with E-state index in [9.17, 15) is 14.9 Å². The zero-order valence-electron chi connectivity index (χ0n) is 19.2. The van der Waals surface area contributed by atoms with Crippen molar-refractivity contribution in [1.29, 1.82) is 0 Å². The van der Waals surface area contributed by atoms with Crippen LogP contribution in [0.25, 0.3) is 0 Å². The van der Waals surface area contributed by atoms with Crippen molar-refractivity contribution in [3.63, 3.8) is 0 Å². The fourth-order valence-corrected chi connectivity index (χ4v) is 5.21. The Bertz CT molecular complexity index is 1350. The summed E-state index contributed by atoms with van der Waals surface area (Å²) in [4.78, 5) is 28.4. The first-order valence-corrected chi connectivity index (χ1v) is 12.0. The summed E-state index contributed by atoms with van der Waals surface area (Å²) in [5.74, 6) is 2.28. The molecule has 1 atom stereocenters. The molecule has 1 aromatic heterocycles. The molecule has 1 aliphatic carbocycles. The predicted octanol–water partition coefficient (Wildman–Crippen LogP) is 4.52. The van der Waals surface area contributed by atoms with Gasteiger partial charge in [-0.15, -0.1) is 5.10 Å². The molecule has 2 aliphatic rings. The Hall–Kier alpha value is -3.86. The average Bonchev–Trinajstić information content (AvgIpc) is 3.28. The van der Waals surface area contributed by atoms with Crippen molar-refractivity contribution in [2.45, 2.75) is 36.2 Å². The number of rotatable bonds is 7. The molecule has 0 fully saturated rings. The van der Waals surface area contributed by atoms with E-state index < -0.39 is 11.0 Å². The van der Waals surface area contributed by atoms with E-state index in [1.165, 1.54) is 17.8 Å². The van der Waals surface area contributed by atoms with E-state index >= 15 is 0 Å². The molecule has 180 valence electrons. The van der Waals surface area contributed by atoms with Crippen molar-refractivity contribution < 1.29 is 19.2 Å². The lowest BCUT2D eigenvalue weighted by Crippen LogP contribution is -2.31. The van der Waals surface area contributed by atoms with E-state index in [1.54, 1.807) is 31.0 Å². The predicted molar refractivity (Wildman–Crippen MR) is 130 cm³/mol. The second-order valence-electron chi connectivity index (χ2n) is 8.19. The van der Waals surface area contributed by atoms with Crippen LogP contribution in [0, 0.1) is 10.1 Å². The highest BCUT2D eigenvalue weighted by atomic mass is 32.2. The summed E-state index contributed by atoms with van der Waals surface area (Å²) in [6.45, 7) is 0. The molecule has 5 rings (SSSR count). The van der Waals surface area contributed by atoms with Gasteiger partial charge in [0.05, 0.1) is 19.1 Å². The van der Waals surface area contributed by atoms with Gasteiger partial charge < -0.3 is 14.8 Å². The molecule has 0 bridgehead atoms. The Morgan fingerprint density at radius 2 is 2.00 bits per heavy atom. The Labute approximate surface area is 205 Å². The summed E-state index contributed by atoms with van der Waals surface area (Å²) in [6, 6.07) is 11.6. The minimum Gasteiger partial charge on any atom is -0.493 e. The number of hydrogen-bond acceptors (Lipinski definition) is 9. The molecule has 10 nitrogen and oxygen atoms in total. The highest BCUT2D eigenvalue weighted by Gasteiger charge is 2.37. The molecule has 2 heterocycles. The molecular formula is C24H23N5O5S. The first-order valence-electron chi connectivity index (χ1n) is 11.1. The topological polar surface area (TPSA) is 121 Å². The number of Topliss-reactive ketones (excluding diaryl/α,β-unsaturated/α-hetero) is 1. The number of nitrogens with one attached hydrogen (secondary N) is 1. The number of benzene rings is 2. The van der Waals surface area contributed by atoms with E-state index in [1.807, 2.05) is 24.3 Å². The molecule has 0 amide bonds. The number of nitro benzene ring substituents is 1. The largest absolute Gasteiger partial charge is 0.493 e. The fraction of sp³-hybridized carbons (Fsp3) is 0.292. The molecule has 0 saturated carbocycles. The number of anilines is 1. The number of aromatic nitrogens is 3. The normalized spacial score (nSPS) is 16.9. The minimum atomic E-state index is -0.450. The van der Waals surface area contributed by atoms with Crippen molar-refractivity contribution >= 4 is 29.2 Å². The number of allylic oxidation sites excluding steroid dienone is 2. The van der Waals surface area contributed by atoms with Crippen LogP contribution in [0.4, 0.5) is 11.6 Å². The van der Waals surface area contributed by atoms with Crippen LogP contribution in [0.5, 0.6) is 11.5 Å². The lowest BCUT2D eigenvalue weighted by atomic mass is 9.85. The third kappa shape index (κ3) is 4.34. The molecule has 2 aromatic carbocycles. The van der Waals surface area contributed by atoms with Gasteiger partial charge in [0.25, 0.3) is 5.69 Å². The number of nitro groups is 1. The molecule has 1 N–H and O–H groups in total. The van der Waals surface area contributed by atoms with Gasteiger partial charge in [-0.25, -0.2) is 4.68 Å². The maximum Gasteiger partial charge on any atom is 0.269 e. The molecule has 3 aromatic rings. The second kappa shape index (κ2) is 9.41. The Morgan fingerprint density at radius 3 is 2.77 bits per heavy atom. The number of carbonyl (C=O) groups excluding carboxylic acids is 1. The smallest absolute Gasteiger partial charge is 0.269 e. The van der Waals surface area contributed by atoms with Gasteiger partial charge in [-0.2, -0.15) is 4.98 Å². The van der Waals surface area contributed by atoms with Crippen molar-refractivity contribution in [3.05, 3.63) is 75.0 Å². The maximum atomic E-state index is 13.0. The number of ether oxygens (including phenoxy) is 2. The van der Waals surface area contributed by atoms with E-state index in [2.05, 4.69) is 10.3 Å². The number of ketones is 1. The van der Waals surface area contributed by atoms with Crippen molar-refractivity contribution in [3.8, 4) is 11.5 Å². The molecule has 1 unspecified atom stereocenters. The van der Waals surface area contributed by atoms with Gasteiger partial charge in [0.1, 0.15) is 6.04 Å². The summed E-state index contributed by atoms with van der Waals surface area (Å²) >= 11 is 1.38. The summed E-state index contributed by atoms with van der Waals surface area (Å²) in [5, 5.41) is 19.6. The SMILES string of the molecule is COc1ccc(C2C3=C(CCCC3=O)Nc3nc(SCc4cccc([N+](=O)[O-])c4)nn32)cc1OC. The molecule has 35 heavy (non-hydrogen) atoms. The zero-order chi connectivity index (χ0) is 24.5. The second-order valence-corrected chi connectivity index (χ2v) is 9.13. The quantitative estimate of drug-likeness (QED) is 0.288. The van der Waals surface area contributed by atoms with Gasteiger partial charge in [-0.05, 0) is 36.1 Å². The van der Waals surface area contributed by atoms with Crippen molar-refractivity contribution in [2.24, 2.45) is 0 Å². The van der Waals surface area contributed by atoms with Crippen LogP contribution in [0.3, 0.4) is 0 Å². The van der Waals surface area contributed by atoms with Gasteiger partial charge in [0, 0.05) is 35.6 Å². The Kier molecular flexibility index (Phi) is 6.16. The molecule has 1 aliphatic heterocycles. The summed E-state index contributed by atoms with van der Waals surface area (Å²) in [7, 11) is 3.15. The minimum absolute atomic E-state index is 0.0470. The Balaban J connectivity index is 1.50. The number of hydrogen-bond donors (Lipinski definition) is 1. The standard InChI is InChI=1S/C24H23N5O5S/c1-33-19-10-9-15(12-20(19)34-2)22-21-17(7-4-8-18(21)30)25-23-26-24(27-28(22)23)35-13-14-5-3-6-16(11-14)29(31)32/h3,5-6,9-12,22H,4,7-8,13H2,1-2H3,(H,25,26,27). The first-order chi connectivity index (χ1) is 17.0. The fourth-order valence-electron chi connectivity index (χ4n) is 4.44. The van der Waals surface area contributed by atoms with E-state index in [0.29, 0.717) is 40.4 Å². The highest BCUT2D eigenvalue weighted by molar-refractivity contribution is 7.98. The van der Waals surface area contributed by atoms with Gasteiger partial charge in [-0.3, -0.25) is 14.9 Å². The lowest BCUT2D eigenvalue weighted by Gasteiger charge is -2.32. The molecule has 11 heteroatoms. The average molecular weight is 494 g/mol. The van der Waals surface area contributed by atoms with Gasteiger partial charge in [0.15, 0.2) is 17.3 Å². The lowest BCUT2D eigenvalue weighted by molar-refractivity contribution is -0.384. The third-order valence-corrected chi connectivity index (χ3v) is 6.97. The monoisotopic (exact) mass is 493 g/mol. The molecule has 0 radical (unpaired) electrons. The van der Waals surface area contributed by atoms with Crippen LogP contribution in [-0.4, -0.2) is 39.7 Å². The van der Waals surface area contributed by atoms with Gasteiger partial charge >= 0.3 is 0 Å². The Morgan fingerprint density at radius 1 is 1.17 bits per heavy atom. The zero-order valence-corrected chi connectivity index (χ0v) is 20.0. The summed E-state index contributed by atoms with van der Waals surface area (Å²) < 4.78 is 12.6. The van der Waals surface area contributed by atoms with Crippen LogP contribution in [0.1, 0.15) is 36.4 Å². The van der Waals surface area contributed by atoms with Crippen LogP contribution in [0.2, 0.25) is 0 Å². The number of carbonyl (C=O) groups is 1. The van der Waals surface area contributed by atoms with Crippen molar-refractivity contribution in [2.75, 3.05) is 19.5 Å². The molecular weight excluding hydrogens is 470 g/mol. The number of non-ortho nitro benzene ring substituents is 1. The molecule has 0 spiro atoms. The van der Waals surface area contributed by atoms with Gasteiger partial charge in [0.2, 0.25) is 11.1 Å². The van der Waals surface area contributed by atoms with Crippen LogP contribution in [-0.2, 0) is 10.5 Å². The summed E-state index contributed by atoms with van der Waals surface area (Å²) in [6.07, 6.45) is 2.03. The highest BCUT2D eigenvalue weighted by Crippen LogP contribution is 2.42. The number of thioether (sulfide) groups is 1. The number of methoxy groups -OCH3 is 2. The number of nitrogens with zero attached hydrogens (tertiary/aromatic N) is 4. The van der Waals surface area contributed by atoms with E-state index in [-0.39, 0.29) is 11.5 Å². The molecule has 0 saturated heterocycles.